The van der Waals surface area contributed by atoms with E-state index in [9.17, 15) is 4.79 Å². The van der Waals surface area contributed by atoms with Gasteiger partial charge in [-0.3, -0.25) is 4.79 Å². The summed E-state index contributed by atoms with van der Waals surface area (Å²) in [5.41, 5.74) is 0.286. The first-order chi connectivity index (χ1) is 8.06. The Morgan fingerprint density at radius 2 is 2.00 bits per heavy atom. The average molecular weight is 234 g/mol. The molecule has 0 aromatic carbocycles. The van der Waals surface area contributed by atoms with Gasteiger partial charge in [-0.05, 0) is 55.3 Å². The van der Waals surface area contributed by atoms with Crippen LogP contribution in [0.4, 0.5) is 0 Å². The van der Waals surface area contributed by atoms with Crippen LogP contribution in [0.1, 0.15) is 65.2 Å². The van der Waals surface area contributed by atoms with E-state index < -0.39 is 0 Å². The Balaban J connectivity index is 1.60. The zero-order chi connectivity index (χ0) is 12.0. The van der Waals surface area contributed by atoms with Gasteiger partial charge in [0, 0.05) is 12.3 Å². The van der Waals surface area contributed by atoms with Crippen molar-refractivity contribution in [1.82, 2.24) is 0 Å². The van der Waals surface area contributed by atoms with E-state index in [0.29, 0.717) is 11.7 Å². The van der Waals surface area contributed by atoms with Gasteiger partial charge in [-0.2, -0.15) is 0 Å². The van der Waals surface area contributed by atoms with Crippen LogP contribution >= 0.6 is 0 Å². The number of hydrogen-bond acceptors (Lipinski definition) is 1. The lowest BCUT2D eigenvalue weighted by molar-refractivity contribution is -0.126. The summed E-state index contributed by atoms with van der Waals surface area (Å²) >= 11 is 0. The molecule has 0 radical (unpaired) electrons. The second-order valence-corrected chi connectivity index (χ2v) is 7.54. The third-order valence-electron chi connectivity index (χ3n) is 5.99. The molecule has 2 bridgehead atoms. The standard InChI is InChI=1S/C16H26O/c1-16(2)7-3-4-14(16)15(17)10-13-9-11-5-6-12(13)8-11/h11-14H,3-10H2,1-2H3. The second-order valence-electron chi connectivity index (χ2n) is 7.54. The minimum absolute atomic E-state index is 0.286. The third kappa shape index (κ3) is 2.06. The highest BCUT2D eigenvalue weighted by molar-refractivity contribution is 5.82. The average Bonchev–Trinajstić information content (AvgIpc) is 2.91. The molecule has 96 valence electrons. The lowest BCUT2D eigenvalue weighted by Crippen LogP contribution is -2.28. The van der Waals surface area contributed by atoms with Crippen molar-refractivity contribution in [2.45, 2.75) is 65.2 Å². The predicted octanol–water partition coefficient (Wildman–Crippen LogP) is 4.21. The van der Waals surface area contributed by atoms with Gasteiger partial charge < -0.3 is 0 Å². The highest BCUT2D eigenvalue weighted by atomic mass is 16.1. The van der Waals surface area contributed by atoms with Crippen LogP contribution in [0.25, 0.3) is 0 Å². The molecule has 0 heterocycles. The lowest BCUT2D eigenvalue weighted by atomic mass is 9.75. The van der Waals surface area contributed by atoms with E-state index in [1.165, 1.54) is 38.5 Å². The van der Waals surface area contributed by atoms with Crippen molar-refractivity contribution in [2.24, 2.45) is 29.1 Å². The molecular weight excluding hydrogens is 208 g/mol. The molecule has 0 aromatic heterocycles. The van der Waals surface area contributed by atoms with E-state index in [1.807, 2.05) is 0 Å². The van der Waals surface area contributed by atoms with Crippen LogP contribution in [0, 0.1) is 29.1 Å². The molecule has 0 saturated heterocycles. The number of Topliss-reactive ketones (excluding diaryl/α,β-unsaturated/α-hetero) is 1. The maximum atomic E-state index is 12.5. The van der Waals surface area contributed by atoms with Crippen molar-refractivity contribution >= 4 is 5.78 Å². The summed E-state index contributed by atoms with van der Waals surface area (Å²) < 4.78 is 0. The molecule has 1 heteroatoms. The summed E-state index contributed by atoms with van der Waals surface area (Å²) in [6, 6.07) is 0. The highest BCUT2D eigenvalue weighted by Crippen LogP contribution is 2.51. The van der Waals surface area contributed by atoms with Crippen molar-refractivity contribution in [2.75, 3.05) is 0 Å². The van der Waals surface area contributed by atoms with E-state index in [0.717, 1.165) is 30.6 Å². The Labute approximate surface area is 105 Å². The number of carbonyl (C=O) groups excluding carboxylic acids is 1. The second kappa shape index (κ2) is 4.10. The molecule has 4 unspecified atom stereocenters. The molecule has 3 fully saturated rings. The Hall–Kier alpha value is -0.330. The summed E-state index contributed by atoms with van der Waals surface area (Å²) in [6.07, 6.45) is 10.2. The summed E-state index contributed by atoms with van der Waals surface area (Å²) in [5.74, 6) is 3.63. The number of carbonyl (C=O) groups is 1. The maximum absolute atomic E-state index is 12.5. The van der Waals surface area contributed by atoms with Gasteiger partial charge in [0.25, 0.3) is 0 Å². The first-order valence-corrected chi connectivity index (χ1v) is 7.59. The van der Waals surface area contributed by atoms with E-state index in [2.05, 4.69) is 13.8 Å². The number of rotatable bonds is 3. The monoisotopic (exact) mass is 234 g/mol. The predicted molar refractivity (Wildman–Crippen MR) is 69.7 cm³/mol. The van der Waals surface area contributed by atoms with Crippen molar-refractivity contribution in [1.29, 1.82) is 0 Å². The van der Waals surface area contributed by atoms with Crippen LogP contribution in [0.2, 0.25) is 0 Å². The third-order valence-corrected chi connectivity index (χ3v) is 5.99. The van der Waals surface area contributed by atoms with Gasteiger partial charge in [-0.25, -0.2) is 0 Å². The van der Waals surface area contributed by atoms with Crippen LogP contribution in [0.15, 0.2) is 0 Å². The molecule has 0 spiro atoms. The van der Waals surface area contributed by atoms with Crippen LogP contribution in [-0.2, 0) is 4.79 Å². The van der Waals surface area contributed by atoms with E-state index in [1.54, 1.807) is 0 Å². The van der Waals surface area contributed by atoms with E-state index >= 15 is 0 Å². The Kier molecular flexibility index (Phi) is 2.83. The van der Waals surface area contributed by atoms with Gasteiger partial charge >= 0.3 is 0 Å². The Morgan fingerprint density at radius 3 is 2.53 bits per heavy atom. The van der Waals surface area contributed by atoms with Crippen molar-refractivity contribution in [3.63, 3.8) is 0 Å². The van der Waals surface area contributed by atoms with E-state index in [4.69, 9.17) is 0 Å². The van der Waals surface area contributed by atoms with Crippen LogP contribution in [0.3, 0.4) is 0 Å². The topological polar surface area (TPSA) is 17.1 Å². The quantitative estimate of drug-likeness (QED) is 0.715. The Bertz CT molecular complexity index is 317. The first-order valence-electron chi connectivity index (χ1n) is 7.59. The minimum Gasteiger partial charge on any atom is -0.299 e. The van der Waals surface area contributed by atoms with E-state index in [-0.39, 0.29) is 5.41 Å². The van der Waals surface area contributed by atoms with Gasteiger partial charge in [-0.1, -0.05) is 26.7 Å². The van der Waals surface area contributed by atoms with Gasteiger partial charge in [0.05, 0.1) is 0 Å². The molecule has 1 nitrogen and oxygen atoms in total. The van der Waals surface area contributed by atoms with Gasteiger partial charge in [0.1, 0.15) is 5.78 Å². The molecule has 4 atom stereocenters. The molecule has 3 aliphatic rings. The highest BCUT2D eigenvalue weighted by Gasteiger charge is 2.44. The molecule has 3 saturated carbocycles. The number of ketones is 1. The van der Waals surface area contributed by atoms with Gasteiger partial charge in [0.2, 0.25) is 0 Å². The molecule has 3 aliphatic carbocycles. The molecule has 0 aromatic rings. The minimum atomic E-state index is 0.286. The molecule has 0 aliphatic heterocycles. The zero-order valence-corrected chi connectivity index (χ0v) is 11.4. The molecule has 3 rings (SSSR count). The largest absolute Gasteiger partial charge is 0.299 e. The summed E-state index contributed by atoms with van der Waals surface area (Å²) in [6.45, 7) is 4.59. The molecule has 17 heavy (non-hydrogen) atoms. The summed E-state index contributed by atoms with van der Waals surface area (Å²) in [4.78, 5) is 12.5. The van der Waals surface area contributed by atoms with Crippen molar-refractivity contribution < 1.29 is 4.79 Å². The maximum Gasteiger partial charge on any atom is 0.136 e. The first kappa shape index (κ1) is 11.7. The smallest absolute Gasteiger partial charge is 0.136 e. The van der Waals surface area contributed by atoms with Crippen LogP contribution in [0.5, 0.6) is 0 Å². The SMILES string of the molecule is CC1(C)CCCC1C(=O)CC1CC2CCC1C2. The fourth-order valence-electron chi connectivity index (χ4n) is 4.95. The Morgan fingerprint density at radius 1 is 1.18 bits per heavy atom. The fourth-order valence-corrected chi connectivity index (χ4v) is 4.95. The fraction of sp³-hybridized carbons (Fsp3) is 0.938. The molecule has 0 N–H and O–H groups in total. The van der Waals surface area contributed by atoms with Crippen LogP contribution in [-0.4, -0.2) is 5.78 Å². The lowest BCUT2D eigenvalue weighted by Gasteiger charge is -2.28. The van der Waals surface area contributed by atoms with Gasteiger partial charge in [-0.15, -0.1) is 0 Å². The number of fused-ring (bicyclic) bond motifs is 2. The van der Waals surface area contributed by atoms with Crippen molar-refractivity contribution in [3.05, 3.63) is 0 Å². The molecular formula is C16H26O. The summed E-state index contributed by atoms with van der Waals surface area (Å²) in [5, 5.41) is 0. The number of hydrogen-bond donors (Lipinski definition) is 0. The molecule has 0 amide bonds. The van der Waals surface area contributed by atoms with Gasteiger partial charge in [0.15, 0.2) is 0 Å². The zero-order valence-electron chi connectivity index (χ0n) is 11.4. The normalized spacial score (nSPS) is 43.2. The van der Waals surface area contributed by atoms with Crippen LogP contribution < -0.4 is 0 Å². The summed E-state index contributed by atoms with van der Waals surface area (Å²) in [7, 11) is 0. The van der Waals surface area contributed by atoms with Crippen molar-refractivity contribution in [3.8, 4) is 0 Å².